The molecule has 3 aromatic rings. The number of benzene rings is 1. The van der Waals surface area contributed by atoms with E-state index in [4.69, 9.17) is 11.7 Å². The van der Waals surface area contributed by atoms with Crippen molar-refractivity contribution in [3.63, 3.8) is 0 Å². The Morgan fingerprint density at radius 1 is 1.18 bits per heavy atom. The number of rotatable bonds is 3. The first-order valence-electron chi connectivity index (χ1n) is 9.80. The lowest BCUT2D eigenvalue weighted by atomic mass is 9.91. The second-order valence-corrected chi connectivity index (χ2v) is 7.62. The highest BCUT2D eigenvalue weighted by molar-refractivity contribution is 5.91. The SMILES string of the molecule is [C-]#[N+][C@H]1CCCC[C@@H]1n1nc(Nc2ccc3c(c2)CNC3)c2c(=O)[nH]ccc21. The molecule has 1 aromatic carbocycles. The first kappa shape index (κ1) is 17.0. The molecule has 0 spiro atoms. The van der Waals surface area contributed by atoms with Crippen LogP contribution in [-0.4, -0.2) is 20.8 Å². The third-order valence-electron chi connectivity index (χ3n) is 5.90. The third-order valence-corrected chi connectivity index (χ3v) is 5.90. The molecule has 1 aliphatic heterocycles. The number of fused-ring (bicyclic) bond motifs is 2. The van der Waals surface area contributed by atoms with Gasteiger partial charge in [0.2, 0.25) is 6.04 Å². The Morgan fingerprint density at radius 3 is 2.93 bits per heavy atom. The van der Waals surface area contributed by atoms with E-state index in [0.29, 0.717) is 11.2 Å². The summed E-state index contributed by atoms with van der Waals surface area (Å²) in [5.74, 6) is 0.553. The fourth-order valence-electron chi connectivity index (χ4n) is 4.48. The van der Waals surface area contributed by atoms with Gasteiger partial charge in [-0.25, -0.2) is 6.57 Å². The molecule has 7 heteroatoms. The zero-order chi connectivity index (χ0) is 19.1. The normalized spacial score (nSPS) is 21.4. The second kappa shape index (κ2) is 6.80. The van der Waals surface area contributed by atoms with Gasteiger partial charge in [0, 0.05) is 31.4 Å². The summed E-state index contributed by atoms with van der Waals surface area (Å²) in [4.78, 5) is 19.2. The second-order valence-electron chi connectivity index (χ2n) is 7.62. The van der Waals surface area contributed by atoms with Gasteiger partial charge in [-0.2, -0.15) is 5.10 Å². The number of aromatic amines is 1. The summed E-state index contributed by atoms with van der Waals surface area (Å²) in [7, 11) is 0. The van der Waals surface area contributed by atoms with E-state index in [-0.39, 0.29) is 17.6 Å². The van der Waals surface area contributed by atoms with Crippen LogP contribution in [0, 0.1) is 6.57 Å². The van der Waals surface area contributed by atoms with Crippen LogP contribution in [0.2, 0.25) is 0 Å². The monoisotopic (exact) mass is 374 g/mol. The van der Waals surface area contributed by atoms with Crippen LogP contribution in [0.4, 0.5) is 11.5 Å². The number of nitrogens with one attached hydrogen (secondary N) is 3. The molecule has 0 radical (unpaired) electrons. The average molecular weight is 374 g/mol. The number of hydrogen-bond donors (Lipinski definition) is 3. The van der Waals surface area contributed by atoms with Crippen LogP contribution in [0.1, 0.15) is 42.9 Å². The molecule has 1 saturated carbocycles. The van der Waals surface area contributed by atoms with E-state index in [1.54, 1.807) is 6.20 Å². The predicted octanol–water partition coefficient (Wildman–Crippen LogP) is 3.47. The van der Waals surface area contributed by atoms with Gasteiger partial charge in [-0.15, -0.1) is 0 Å². The van der Waals surface area contributed by atoms with Crippen molar-refractivity contribution >= 4 is 22.4 Å². The van der Waals surface area contributed by atoms with Gasteiger partial charge >= 0.3 is 0 Å². The molecule has 142 valence electrons. The Hall–Kier alpha value is -3.11. The largest absolute Gasteiger partial charge is 0.338 e. The molecule has 2 atom stereocenters. The standard InChI is InChI=1S/C21H22N6O/c1-22-16-4-2-3-5-17(16)27-18-8-9-24-21(28)19(18)20(26-27)25-15-7-6-13-11-23-12-14(13)10-15/h6-10,16-17,23H,2-5,11-12H2,(H,24,28)(H,25,26)/t16-,17-/m0/s1. The predicted molar refractivity (Wildman–Crippen MR) is 109 cm³/mol. The van der Waals surface area contributed by atoms with E-state index < -0.39 is 0 Å². The van der Waals surface area contributed by atoms with Crippen molar-refractivity contribution < 1.29 is 0 Å². The molecule has 28 heavy (non-hydrogen) atoms. The first-order valence-corrected chi connectivity index (χ1v) is 9.80. The summed E-state index contributed by atoms with van der Waals surface area (Å²) in [5.41, 5.74) is 4.12. The maximum Gasteiger partial charge on any atom is 0.261 e. The lowest BCUT2D eigenvalue weighted by Gasteiger charge is -2.24. The van der Waals surface area contributed by atoms with Crippen molar-refractivity contribution in [3.05, 3.63) is 63.4 Å². The fourth-order valence-corrected chi connectivity index (χ4v) is 4.48. The Kier molecular flexibility index (Phi) is 4.14. The lowest BCUT2D eigenvalue weighted by Crippen LogP contribution is -2.26. The molecule has 2 aromatic heterocycles. The van der Waals surface area contributed by atoms with Crippen molar-refractivity contribution in [2.75, 3.05) is 5.32 Å². The van der Waals surface area contributed by atoms with Crippen LogP contribution >= 0.6 is 0 Å². The molecule has 2 aliphatic rings. The van der Waals surface area contributed by atoms with E-state index in [1.165, 1.54) is 11.1 Å². The number of hydrogen-bond acceptors (Lipinski definition) is 4. The van der Waals surface area contributed by atoms with Gasteiger partial charge in [-0.3, -0.25) is 9.48 Å². The molecule has 7 nitrogen and oxygen atoms in total. The van der Waals surface area contributed by atoms with Crippen LogP contribution in [0.25, 0.3) is 15.7 Å². The molecule has 5 rings (SSSR count). The van der Waals surface area contributed by atoms with Gasteiger partial charge in [-0.1, -0.05) is 12.5 Å². The molecule has 0 unspecified atom stereocenters. The van der Waals surface area contributed by atoms with Crippen molar-refractivity contribution in [1.29, 1.82) is 0 Å². The van der Waals surface area contributed by atoms with Crippen LogP contribution in [0.3, 0.4) is 0 Å². The zero-order valence-corrected chi connectivity index (χ0v) is 15.5. The number of pyridine rings is 1. The lowest BCUT2D eigenvalue weighted by molar-refractivity contribution is 0.321. The Balaban J connectivity index is 1.59. The first-order chi connectivity index (χ1) is 13.7. The summed E-state index contributed by atoms with van der Waals surface area (Å²) in [6.45, 7) is 9.33. The highest BCUT2D eigenvalue weighted by Crippen LogP contribution is 2.35. The molecular weight excluding hydrogens is 352 g/mol. The zero-order valence-electron chi connectivity index (χ0n) is 15.5. The number of anilines is 2. The van der Waals surface area contributed by atoms with Crippen LogP contribution in [0.5, 0.6) is 0 Å². The highest BCUT2D eigenvalue weighted by Gasteiger charge is 2.33. The van der Waals surface area contributed by atoms with Crippen molar-refractivity contribution in [1.82, 2.24) is 20.1 Å². The minimum Gasteiger partial charge on any atom is -0.338 e. The van der Waals surface area contributed by atoms with E-state index in [1.807, 2.05) is 16.8 Å². The quantitative estimate of drug-likeness (QED) is 0.614. The van der Waals surface area contributed by atoms with Gasteiger partial charge in [0.25, 0.3) is 5.56 Å². The fraction of sp³-hybridized carbons (Fsp3) is 0.381. The van der Waals surface area contributed by atoms with Gasteiger partial charge in [0.1, 0.15) is 11.4 Å². The summed E-state index contributed by atoms with van der Waals surface area (Å²) < 4.78 is 1.91. The van der Waals surface area contributed by atoms with Gasteiger partial charge in [0.15, 0.2) is 5.82 Å². The number of nitrogens with zero attached hydrogens (tertiary/aromatic N) is 3. The van der Waals surface area contributed by atoms with Crippen LogP contribution < -0.4 is 16.2 Å². The molecule has 1 fully saturated rings. The van der Waals surface area contributed by atoms with E-state index >= 15 is 0 Å². The maximum absolute atomic E-state index is 12.6. The summed E-state index contributed by atoms with van der Waals surface area (Å²) in [6.07, 6.45) is 5.63. The Morgan fingerprint density at radius 2 is 2.04 bits per heavy atom. The topological polar surface area (TPSA) is 79.1 Å². The van der Waals surface area contributed by atoms with E-state index in [0.717, 1.165) is 50.0 Å². The van der Waals surface area contributed by atoms with Crippen LogP contribution in [0.15, 0.2) is 35.3 Å². The number of aromatic nitrogens is 3. The van der Waals surface area contributed by atoms with E-state index in [9.17, 15) is 4.79 Å². The molecule has 1 aliphatic carbocycles. The van der Waals surface area contributed by atoms with Crippen molar-refractivity contribution in [3.8, 4) is 0 Å². The van der Waals surface area contributed by atoms with Gasteiger partial charge in [0.05, 0.1) is 5.52 Å². The number of H-pyrrole nitrogens is 1. The van der Waals surface area contributed by atoms with Crippen molar-refractivity contribution in [2.45, 2.75) is 50.9 Å². The van der Waals surface area contributed by atoms with Gasteiger partial charge in [-0.05, 0) is 42.2 Å². The molecule has 0 saturated heterocycles. The van der Waals surface area contributed by atoms with Crippen LogP contribution in [-0.2, 0) is 13.1 Å². The molecule has 0 bridgehead atoms. The molecule has 3 N–H and O–H groups in total. The third kappa shape index (κ3) is 2.77. The molecule has 0 amide bonds. The molecule has 3 heterocycles. The minimum atomic E-state index is -0.163. The average Bonchev–Trinajstić information content (AvgIpc) is 3.33. The maximum atomic E-state index is 12.6. The van der Waals surface area contributed by atoms with Crippen molar-refractivity contribution in [2.24, 2.45) is 0 Å². The Labute approximate surface area is 162 Å². The molecular formula is C21H22N6O. The summed E-state index contributed by atoms with van der Waals surface area (Å²) in [6, 6.07) is 8.05. The summed E-state index contributed by atoms with van der Waals surface area (Å²) in [5, 5.41) is 12.0. The summed E-state index contributed by atoms with van der Waals surface area (Å²) >= 11 is 0. The highest BCUT2D eigenvalue weighted by atomic mass is 16.1. The van der Waals surface area contributed by atoms with Gasteiger partial charge < -0.3 is 20.5 Å². The Bertz CT molecular complexity index is 1140. The smallest absolute Gasteiger partial charge is 0.261 e. The minimum absolute atomic E-state index is 0.00956. The van der Waals surface area contributed by atoms with E-state index in [2.05, 4.69) is 32.6 Å².